The average molecular weight is 373 g/mol. The molecule has 0 heterocycles. The third-order valence-corrected chi connectivity index (χ3v) is 3.26. The van der Waals surface area contributed by atoms with Gasteiger partial charge in [0, 0.05) is 12.8 Å². The number of esters is 2. The predicted octanol–water partition coefficient (Wildman–Crippen LogP) is 4.18. The van der Waals surface area contributed by atoms with Crippen LogP contribution >= 0.6 is 0 Å². The first-order chi connectivity index (χ1) is 12.4. The number of hydrogen-bond acceptors (Lipinski definition) is 6. The quantitative estimate of drug-likeness (QED) is 0.258. The summed E-state index contributed by atoms with van der Waals surface area (Å²) >= 11 is 0. The molecule has 6 nitrogen and oxygen atoms in total. The third-order valence-electron chi connectivity index (χ3n) is 3.26. The van der Waals surface area contributed by atoms with E-state index in [0.717, 1.165) is 38.5 Å². The van der Waals surface area contributed by atoms with Gasteiger partial charge in [0.05, 0.1) is 13.2 Å². The first-order valence-electron chi connectivity index (χ1n) is 9.75. The molecule has 0 N–H and O–H groups in total. The molecule has 0 unspecified atom stereocenters. The lowest BCUT2D eigenvalue weighted by Gasteiger charge is -2.02. The summed E-state index contributed by atoms with van der Waals surface area (Å²) in [4.78, 5) is 43.9. The Morgan fingerprint density at radius 3 is 1.19 bits per heavy atom. The highest BCUT2D eigenvalue weighted by Crippen LogP contribution is 1.98. The van der Waals surface area contributed by atoms with Gasteiger partial charge in [0.25, 0.3) is 0 Å². The smallest absolute Gasteiger partial charge is 0.313 e. The van der Waals surface area contributed by atoms with Gasteiger partial charge in [0.2, 0.25) is 0 Å². The maximum Gasteiger partial charge on any atom is 0.313 e. The van der Waals surface area contributed by atoms with Gasteiger partial charge in [-0.3, -0.25) is 19.2 Å². The van der Waals surface area contributed by atoms with Crippen molar-refractivity contribution in [2.45, 2.75) is 91.9 Å². The summed E-state index contributed by atoms with van der Waals surface area (Å²) in [5.41, 5.74) is 0. The van der Waals surface area contributed by atoms with Crippen molar-refractivity contribution in [2.75, 3.05) is 13.2 Å². The molecule has 0 saturated heterocycles. The Morgan fingerprint density at radius 1 is 0.577 bits per heavy atom. The van der Waals surface area contributed by atoms with E-state index in [-0.39, 0.29) is 36.3 Å². The van der Waals surface area contributed by atoms with Crippen molar-refractivity contribution in [1.82, 2.24) is 0 Å². The van der Waals surface area contributed by atoms with Crippen LogP contribution in [0.1, 0.15) is 91.9 Å². The van der Waals surface area contributed by atoms with Gasteiger partial charge in [0.1, 0.15) is 24.4 Å². The summed E-state index contributed by atoms with van der Waals surface area (Å²) in [5.74, 6) is -0.813. The van der Waals surface area contributed by atoms with Crippen molar-refractivity contribution < 1.29 is 28.7 Å². The number of Topliss-reactive ketones (excluding diaryl/α,β-unsaturated/α-hetero) is 2. The van der Waals surface area contributed by atoms with Crippen LogP contribution in [0, 0.1) is 0 Å². The molecule has 0 saturated carbocycles. The zero-order valence-electron chi connectivity index (χ0n) is 16.9. The van der Waals surface area contributed by atoms with Crippen molar-refractivity contribution in [3.8, 4) is 0 Å². The van der Waals surface area contributed by atoms with Crippen molar-refractivity contribution in [2.24, 2.45) is 0 Å². The maximum atomic E-state index is 11.0. The highest BCUT2D eigenvalue weighted by Gasteiger charge is 2.09. The van der Waals surface area contributed by atoms with Gasteiger partial charge in [-0.05, 0) is 25.7 Å². The molecule has 0 aromatic heterocycles. The highest BCUT2D eigenvalue weighted by molar-refractivity contribution is 5.95. The molecule has 0 spiro atoms. The fourth-order valence-corrected chi connectivity index (χ4v) is 1.82. The second-order valence-corrected chi connectivity index (χ2v) is 6.08. The van der Waals surface area contributed by atoms with Gasteiger partial charge in [0.15, 0.2) is 0 Å². The minimum absolute atomic E-state index is 0.0241. The summed E-state index contributed by atoms with van der Waals surface area (Å²) < 4.78 is 9.68. The molecule has 0 rings (SSSR count). The highest BCUT2D eigenvalue weighted by atomic mass is 16.5. The predicted molar refractivity (Wildman–Crippen MR) is 101 cm³/mol. The lowest BCUT2D eigenvalue weighted by molar-refractivity contribution is -0.147. The van der Waals surface area contributed by atoms with Crippen LogP contribution in [-0.4, -0.2) is 36.7 Å². The number of unbranched alkanes of at least 4 members (excludes halogenated alkanes) is 2. The minimum atomic E-state index is -0.382. The van der Waals surface area contributed by atoms with Crippen LogP contribution in [0.2, 0.25) is 0 Å². The van der Waals surface area contributed by atoms with Crippen LogP contribution < -0.4 is 0 Å². The van der Waals surface area contributed by atoms with Crippen LogP contribution in [0.3, 0.4) is 0 Å². The first-order valence-corrected chi connectivity index (χ1v) is 9.75. The van der Waals surface area contributed by atoms with Gasteiger partial charge < -0.3 is 9.47 Å². The summed E-state index contributed by atoms with van der Waals surface area (Å²) in [6.07, 6.45) is 6.15. The fraction of sp³-hybridized carbons (Fsp3) is 0.800. The van der Waals surface area contributed by atoms with E-state index in [1.54, 1.807) is 0 Å². The van der Waals surface area contributed by atoms with Gasteiger partial charge in [-0.15, -0.1) is 0 Å². The Bertz CT molecular complexity index is 365. The van der Waals surface area contributed by atoms with Crippen molar-refractivity contribution in [3.63, 3.8) is 0 Å². The Balaban J connectivity index is 0. The molecule has 0 aliphatic rings. The zero-order valence-corrected chi connectivity index (χ0v) is 16.9. The molecule has 0 radical (unpaired) electrons. The molecule has 152 valence electrons. The largest absolute Gasteiger partial charge is 0.465 e. The van der Waals surface area contributed by atoms with E-state index in [4.69, 9.17) is 9.47 Å². The van der Waals surface area contributed by atoms with Gasteiger partial charge >= 0.3 is 11.9 Å². The summed E-state index contributed by atoms with van der Waals surface area (Å²) in [7, 11) is 0. The molecule has 0 aliphatic carbocycles. The van der Waals surface area contributed by atoms with Crippen LogP contribution in [0.15, 0.2) is 0 Å². The summed E-state index contributed by atoms with van der Waals surface area (Å²) in [6, 6.07) is 0. The van der Waals surface area contributed by atoms with Gasteiger partial charge in [-0.1, -0.05) is 40.5 Å². The Kier molecular flexibility index (Phi) is 20.0. The number of ether oxygens (including phenoxy) is 2. The van der Waals surface area contributed by atoms with Gasteiger partial charge in [-0.25, -0.2) is 0 Å². The zero-order chi connectivity index (χ0) is 20.2. The van der Waals surface area contributed by atoms with E-state index in [2.05, 4.69) is 0 Å². The lowest BCUT2D eigenvalue weighted by atomic mass is 10.2. The van der Waals surface area contributed by atoms with Crippen LogP contribution in [0.25, 0.3) is 0 Å². The van der Waals surface area contributed by atoms with E-state index < -0.39 is 0 Å². The Hall–Kier alpha value is -1.72. The number of hydrogen-bond donors (Lipinski definition) is 0. The van der Waals surface area contributed by atoms with E-state index in [9.17, 15) is 19.2 Å². The first kappa shape index (κ1) is 26.5. The van der Waals surface area contributed by atoms with Crippen molar-refractivity contribution >= 4 is 23.5 Å². The molecule has 0 bridgehead atoms. The average Bonchev–Trinajstić information content (AvgIpc) is 2.56. The molecule has 6 heteroatoms. The van der Waals surface area contributed by atoms with Gasteiger partial charge in [-0.2, -0.15) is 0 Å². The van der Waals surface area contributed by atoms with E-state index in [0.29, 0.717) is 26.1 Å². The van der Waals surface area contributed by atoms with Crippen molar-refractivity contribution in [3.05, 3.63) is 0 Å². The third kappa shape index (κ3) is 20.3. The number of carbonyl (C=O) groups excluding carboxylic acids is 4. The SMILES string of the molecule is CCCCOC(=O)CC(=O)CCC.CCCCOC(=O)CC(=O)CCC. The molecule has 26 heavy (non-hydrogen) atoms. The lowest BCUT2D eigenvalue weighted by Crippen LogP contribution is -2.11. The molecule has 0 fully saturated rings. The van der Waals surface area contributed by atoms with Crippen molar-refractivity contribution in [1.29, 1.82) is 0 Å². The monoisotopic (exact) mass is 372 g/mol. The Labute approximate surface area is 158 Å². The molecular weight excluding hydrogens is 336 g/mol. The standard InChI is InChI=1S/2C10H18O3/c2*1-3-5-7-13-10(12)8-9(11)6-4-2/h2*3-8H2,1-2H3. The fourth-order valence-electron chi connectivity index (χ4n) is 1.82. The Morgan fingerprint density at radius 2 is 0.923 bits per heavy atom. The number of carbonyl (C=O) groups is 4. The maximum absolute atomic E-state index is 11.0. The second kappa shape index (κ2) is 19.6. The molecular formula is C20H36O6. The van der Waals surface area contributed by atoms with Crippen LogP contribution in [-0.2, 0) is 28.7 Å². The molecule has 0 aromatic rings. The number of ketones is 2. The molecule has 0 atom stereocenters. The summed E-state index contributed by atoms with van der Waals surface area (Å²) in [5, 5.41) is 0. The number of rotatable bonds is 14. The minimum Gasteiger partial charge on any atom is -0.465 e. The normalized spacial score (nSPS) is 9.69. The molecule has 0 aliphatic heterocycles. The van der Waals surface area contributed by atoms with E-state index in [1.165, 1.54) is 0 Å². The van der Waals surface area contributed by atoms with Crippen LogP contribution in [0.4, 0.5) is 0 Å². The molecule has 0 aromatic carbocycles. The molecule has 0 amide bonds. The second-order valence-electron chi connectivity index (χ2n) is 6.08. The topological polar surface area (TPSA) is 86.7 Å². The van der Waals surface area contributed by atoms with E-state index in [1.807, 2.05) is 27.7 Å². The van der Waals surface area contributed by atoms with E-state index >= 15 is 0 Å². The van der Waals surface area contributed by atoms with Crippen LogP contribution in [0.5, 0.6) is 0 Å². The summed E-state index contributed by atoms with van der Waals surface area (Å²) in [6.45, 7) is 8.76.